The van der Waals surface area contributed by atoms with Crippen molar-refractivity contribution in [2.45, 2.75) is 6.18 Å². The molecule has 0 heterocycles. The molecule has 0 atom stereocenters. The van der Waals surface area contributed by atoms with Crippen LogP contribution < -0.4 is 5.32 Å². The first kappa shape index (κ1) is 13.5. The van der Waals surface area contributed by atoms with Crippen molar-refractivity contribution in [3.8, 4) is 0 Å². The molecular formula is C11H12F3NO2. The van der Waals surface area contributed by atoms with Crippen molar-refractivity contribution < 1.29 is 22.7 Å². The summed E-state index contributed by atoms with van der Waals surface area (Å²) in [4.78, 5) is 11.5. The second-order valence-electron chi connectivity index (χ2n) is 3.29. The van der Waals surface area contributed by atoms with Crippen molar-refractivity contribution in [2.75, 3.05) is 20.3 Å². The van der Waals surface area contributed by atoms with Crippen molar-refractivity contribution >= 4 is 5.91 Å². The number of nitrogens with one attached hydrogen (secondary N) is 1. The van der Waals surface area contributed by atoms with Crippen LogP contribution in [0.15, 0.2) is 24.3 Å². The molecule has 6 heteroatoms. The molecule has 0 aliphatic rings. The Hall–Kier alpha value is -1.56. The van der Waals surface area contributed by atoms with Crippen molar-refractivity contribution in [3.05, 3.63) is 35.4 Å². The highest BCUT2D eigenvalue weighted by Crippen LogP contribution is 2.31. The van der Waals surface area contributed by atoms with Crippen molar-refractivity contribution in [3.63, 3.8) is 0 Å². The number of carbonyl (C=O) groups is 1. The van der Waals surface area contributed by atoms with Crippen LogP contribution in [0.2, 0.25) is 0 Å². The Bertz CT molecular complexity index is 391. The minimum atomic E-state index is -4.53. The van der Waals surface area contributed by atoms with Gasteiger partial charge in [0.25, 0.3) is 5.91 Å². The van der Waals surface area contributed by atoms with Crippen LogP contribution in [0.25, 0.3) is 0 Å². The molecule has 0 aromatic heterocycles. The summed E-state index contributed by atoms with van der Waals surface area (Å²) in [5, 5.41) is 2.35. The summed E-state index contributed by atoms with van der Waals surface area (Å²) >= 11 is 0. The van der Waals surface area contributed by atoms with Gasteiger partial charge in [-0.15, -0.1) is 0 Å². The molecule has 0 aliphatic carbocycles. The molecule has 0 saturated heterocycles. The van der Waals surface area contributed by atoms with Crippen LogP contribution in [-0.2, 0) is 10.9 Å². The lowest BCUT2D eigenvalue weighted by Gasteiger charge is -2.12. The minimum absolute atomic E-state index is 0.168. The number of halogens is 3. The number of rotatable bonds is 4. The second kappa shape index (κ2) is 5.67. The van der Waals surface area contributed by atoms with Gasteiger partial charge in [0.05, 0.1) is 17.7 Å². The van der Waals surface area contributed by atoms with Gasteiger partial charge in [0, 0.05) is 13.7 Å². The summed E-state index contributed by atoms with van der Waals surface area (Å²) < 4.78 is 42.5. The van der Waals surface area contributed by atoms with Gasteiger partial charge in [-0.2, -0.15) is 13.2 Å². The van der Waals surface area contributed by atoms with Gasteiger partial charge in [-0.3, -0.25) is 4.79 Å². The summed E-state index contributed by atoms with van der Waals surface area (Å²) in [5.41, 5.74) is -1.31. The Labute approximate surface area is 96.6 Å². The fourth-order valence-corrected chi connectivity index (χ4v) is 1.29. The van der Waals surface area contributed by atoms with Crippen LogP contribution >= 0.6 is 0 Å². The molecule has 1 rings (SSSR count). The number of methoxy groups -OCH3 is 1. The van der Waals surface area contributed by atoms with Gasteiger partial charge in [-0.1, -0.05) is 12.1 Å². The summed E-state index contributed by atoms with van der Waals surface area (Å²) in [6.07, 6.45) is -4.53. The average Bonchev–Trinajstić information content (AvgIpc) is 2.28. The normalized spacial score (nSPS) is 11.3. The van der Waals surface area contributed by atoms with Crippen LogP contribution in [0.1, 0.15) is 15.9 Å². The zero-order valence-electron chi connectivity index (χ0n) is 9.17. The van der Waals surface area contributed by atoms with Crippen LogP contribution in [0.5, 0.6) is 0 Å². The topological polar surface area (TPSA) is 38.3 Å². The van der Waals surface area contributed by atoms with E-state index in [-0.39, 0.29) is 18.7 Å². The Balaban J connectivity index is 2.86. The molecule has 1 amide bonds. The van der Waals surface area contributed by atoms with E-state index in [0.717, 1.165) is 12.1 Å². The molecule has 0 fully saturated rings. The number of carbonyl (C=O) groups excluding carboxylic acids is 1. The summed E-state index contributed by atoms with van der Waals surface area (Å²) in [7, 11) is 1.44. The van der Waals surface area contributed by atoms with E-state index in [4.69, 9.17) is 0 Å². The molecule has 0 spiro atoms. The van der Waals surface area contributed by atoms with E-state index in [1.807, 2.05) is 0 Å². The first-order valence-electron chi connectivity index (χ1n) is 4.90. The van der Waals surface area contributed by atoms with Crippen molar-refractivity contribution in [1.29, 1.82) is 0 Å². The quantitative estimate of drug-likeness (QED) is 0.827. The lowest BCUT2D eigenvalue weighted by atomic mass is 10.1. The Kier molecular flexibility index (Phi) is 4.51. The highest BCUT2D eigenvalue weighted by molar-refractivity contribution is 5.95. The van der Waals surface area contributed by atoms with E-state index in [2.05, 4.69) is 10.1 Å². The van der Waals surface area contributed by atoms with Gasteiger partial charge in [-0.05, 0) is 12.1 Å². The van der Waals surface area contributed by atoms with E-state index in [1.54, 1.807) is 0 Å². The van der Waals surface area contributed by atoms with Crippen molar-refractivity contribution in [2.24, 2.45) is 0 Å². The molecule has 0 aliphatic heterocycles. The number of benzene rings is 1. The van der Waals surface area contributed by atoms with Gasteiger partial charge in [-0.25, -0.2) is 0 Å². The zero-order valence-corrected chi connectivity index (χ0v) is 9.17. The Morgan fingerprint density at radius 1 is 1.35 bits per heavy atom. The molecule has 0 radical (unpaired) electrons. The van der Waals surface area contributed by atoms with Crippen LogP contribution in [0, 0.1) is 0 Å². The third kappa shape index (κ3) is 3.74. The smallest absolute Gasteiger partial charge is 0.383 e. The monoisotopic (exact) mass is 247 g/mol. The molecule has 0 bridgehead atoms. The lowest BCUT2D eigenvalue weighted by Crippen LogP contribution is -2.29. The van der Waals surface area contributed by atoms with Gasteiger partial charge < -0.3 is 10.1 Å². The number of amides is 1. The largest absolute Gasteiger partial charge is 0.417 e. The predicted molar refractivity (Wildman–Crippen MR) is 55.7 cm³/mol. The van der Waals surface area contributed by atoms with Gasteiger partial charge in [0.2, 0.25) is 0 Å². The average molecular weight is 247 g/mol. The van der Waals surface area contributed by atoms with E-state index >= 15 is 0 Å². The zero-order chi connectivity index (χ0) is 12.9. The lowest BCUT2D eigenvalue weighted by molar-refractivity contribution is -0.137. The minimum Gasteiger partial charge on any atom is -0.383 e. The van der Waals surface area contributed by atoms with E-state index in [0.29, 0.717) is 0 Å². The third-order valence-electron chi connectivity index (χ3n) is 2.07. The summed E-state index contributed by atoms with van der Waals surface area (Å²) in [6.45, 7) is 0.418. The molecule has 0 unspecified atom stereocenters. The number of ether oxygens (including phenoxy) is 1. The molecule has 17 heavy (non-hydrogen) atoms. The first-order chi connectivity index (χ1) is 7.96. The molecule has 1 aromatic rings. The highest BCUT2D eigenvalue weighted by atomic mass is 19.4. The standard InChI is InChI=1S/C11H12F3NO2/c1-17-7-6-15-10(16)8-4-2-3-5-9(8)11(12,13)14/h2-5H,6-7H2,1H3,(H,15,16). The number of alkyl halides is 3. The van der Waals surface area contributed by atoms with Crippen molar-refractivity contribution in [1.82, 2.24) is 5.32 Å². The molecular weight excluding hydrogens is 235 g/mol. The van der Waals surface area contributed by atoms with E-state index in [1.165, 1.54) is 19.2 Å². The van der Waals surface area contributed by atoms with Crippen LogP contribution in [0.4, 0.5) is 13.2 Å². The van der Waals surface area contributed by atoms with Gasteiger partial charge in [0.15, 0.2) is 0 Å². The molecule has 1 aromatic carbocycles. The Morgan fingerprint density at radius 2 is 2.00 bits per heavy atom. The number of hydrogen-bond acceptors (Lipinski definition) is 2. The first-order valence-corrected chi connectivity index (χ1v) is 4.90. The predicted octanol–water partition coefficient (Wildman–Crippen LogP) is 2.08. The maximum Gasteiger partial charge on any atom is 0.417 e. The maximum absolute atomic E-state index is 12.6. The summed E-state index contributed by atoms with van der Waals surface area (Å²) in [5.74, 6) is -0.755. The summed E-state index contributed by atoms with van der Waals surface area (Å²) in [6, 6.07) is 4.66. The molecule has 3 nitrogen and oxygen atoms in total. The molecule has 94 valence electrons. The molecule has 1 N–H and O–H groups in total. The second-order valence-corrected chi connectivity index (χ2v) is 3.29. The Morgan fingerprint density at radius 3 is 2.59 bits per heavy atom. The van der Waals surface area contributed by atoms with Gasteiger partial charge >= 0.3 is 6.18 Å². The molecule has 0 saturated carbocycles. The van der Waals surface area contributed by atoms with E-state index in [9.17, 15) is 18.0 Å². The van der Waals surface area contributed by atoms with Gasteiger partial charge in [0.1, 0.15) is 0 Å². The third-order valence-corrected chi connectivity index (χ3v) is 2.07. The van der Waals surface area contributed by atoms with Crippen LogP contribution in [-0.4, -0.2) is 26.2 Å². The highest BCUT2D eigenvalue weighted by Gasteiger charge is 2.34. The fourth-order valence-electron chi connectivity index (χ4n) is 1.29. The number of hydrogen-bond donors (Lipinski definition) is 1. The van der Waals surface area contributed by atoms with E-state index < -0.39 is 17.6 Å². The van der Waals surface area contributed by atoms with Crippen LogP contribution in [0.3, 0.4) is 0 Å². The fraction of sp³-hybridized carbons (Fsp3) is 0.364. The maximum atomic E-state index is 12.6. The SMILES string of the molecule is COCCNC(=O)c1ccccc1C(F)(F)F.